The van der Waals surface area contributed by atoms with Crippen molar-refractivity contribution in [1.82, 2.24) is 5.32 Å². The predicted octanol–water partition coefficient (Wildman–Crippen LogP) is 4.90. The third-order valence-corrected chi connectivity index (χ3v) is 4.80. The Kier molecular flexibility index (Phi) is 7.87. The van der Waals surface area contributed by atoms with E-state index in [1.54, 1.807) is 39.8 Å². The molecule has 0 saturated heterocycles. The van der Waals surface area contributed by atoms with E-state index in [1.165, 1.54) is 6.07 Å². The Bertz CT molecular complexity index is 1000. The summed E-state index contributed by atoms with van der Waals surface area (Å²) in [5.41, 5.74) is 0.692. The van der Waals surface area contributed by atoms with Crippen molar-refractivity contribution < 1.29 is 23.5 Å². The third kappa shape index (κ3) is 6.84. The molecule has 0 spiro atoms. The van der Waals surface area contributed by atoms with E-state index in [0.717, 1.165) is 17.4 Å². The molecule has 1 aromatic heterocycles. The van der Waals surface area contributed by atoms with Crippen LogP contribution in [0, 0.1) is 12.8 Å². The molecule has 1 N–H and O–H groups in total. The van der Waals surface area contributed by atoms with Gasteiger partial charge in [-0.3, -0.25) is 0 Å². The van der Waals surface area contributed by atoms with Crippen LogP contribution < -0.4 is 15.7 Å². The number of nitrogens with one attached hydrogen (secondary N) is 1. The number of benzene rings is 1. The van der Waals surface area contributed by atoms with E-state index in [4.69, 9.17) is 13.9 Å². The molecule has 1 amide bonds. The lowest BCUT2D eigenvalue weighted by molar-refractivity contribution is -0.137. The van der Waals surface area contributed by atoms with Gasteiger partial charge in [-0.1, -0.05) is 20.8 Å². The molecule has 7 nitrogen and oxygen atoms in total. The average molecular weight is 432 g/mol. The first-order valence-corrected chi connectivity index (χ1v) is 10.7. The Labute approximate surface area is 183 Å². The standard InChI is InChI=1S/C24H33NO6/c1-8-16-13-20(26)30-21-15(4)19(12-10-17(16)21)29-22(27)18(11-9-14(2)3)25-23(28)31-24(5,6)7/h10,12-14,18H,8-9,11H2,1-7H3,(H,25,28)/t18-/m1/s1. The molecule has 1 atom stereocenters. The van der Waals surface area contributed by atoms with Crippen LogP contribution in [0.5, 0.6) is 5.75 Å². The van der Waals surface area contributed by atoms with E-state index in [9.17, 15) is 14.4 Å². The minimum absolute atomic E-state index is 0.287. The molecule has 7 heteroatoms. The van der Waals surface area contributed by atoms with Crippen molar-refractivity contribution in [2.45, 2.75) is 79.4 Å². The van der Waals surface area contributed by atoms with Gasteiger partial charge in [0.1, 0.15) is 23.0 Å². The highest BCUT2D eigenvalue weighted by molar-refractivity contribution is 5.87. The smallest absolute Gasteiger partial charge is 0.408 e. The van der Waals surface area contributed by atoms with Crippen LogP contribution in [0.25, 0.3) is 11.0 Å². The fourth-order valence-electron chi connectivity index (χ4n) is 3.19. The number of aryl methyl sites for hydroxylation is 2. The highest BCUT2D eigenvalue weighted by Crippen LogP contribution is 2.29. The van der Waals surface area contributed by atoms with Gasteiger partial charge in [0, 0.05) is 17.0 Å². The maximum Gasteiger partial charge on any atom is 0.408 e. The fourth-order valence-corrected chi connectivity index (χ4v) is 3.19. The van der Waals surface area contributed by atoms with Crippen LogP contribution >= 0.6 is 0 Å². The van der Waals surface area contributed by atoms with E-state index in [0.29, 0.717) is 29.9 Å². The van der Waals surface area contributed by atoms with Crippen LogP contribution in [-0.4, -0.2) is 23.7 Å². The molecule has 2 aromatic rings. The Morgan fingerprint density at radius 2 is 1.84 bits per heavy atom. The Morgan fingerprint density at radius 3 is 2.42 bits per heavy atom. The second-order valence-corrected chi connectivity index (χ2v) is 9.10. The summed E-state index contributed by atoms with van der Waals surface area (Å²) in [6.07, 6.45) is 1.14. The zero-order valence-corrected chi connectivity index (χ0v) is 19.5. The summed E-state index contributed by atoms with van der Waals surface area (Å²) in [5.74, 6) is 0.0391. The molecule has 31 heavy (non-hydrogen) atoms. The van der Waals surface area contributed by atoms with Crippen LogP contribution in [0.2, 0.25) is 0 Å². The Balaban J connectivity index is 2.29. The van der Waals surface area contributed by atoms with Crippen molar-refractivity contribution in [1.29, 1.82) is 0 Å². The van der Waals surface area contributed by atoms with Gasteiger partial charge in [0.25, 0.3) is 0 Å². The minimum Gasteiger partial charge on any atom is -0.444 e. The number of rotatable bonds is 7. The van der Waals surface area contributed by atoms with Gasteiger partial charge in [-0.15, -0.1) is 0 Å². The molecule has 170 valence electrons. The molecule has 0 bridgehead atoms. The van der Waals surface area contributed by atoms with E-state index >= 15 is 0 Å². The summed E-state index contributed by atoms with van der Waals surface area (Å²) in [6.45, 7) is 13.0. The minimum atomic E-state index is -0.860. The van der Waals surface area contributed by atoms with Gasteiger partial charge < -0.3 is 19.2 Å². The summed E-state index contributed by atoms with van der Waals surface area (Å²) < 4.78 is 16.3. The maximum atomic E-state index is 12.9. The highest BCUT2D eigenvalue weighted by Gasteiger charge is 2.27. The summed E-state index contributed by atoms with van der Waals surface area (Å²) in [5, 5.41) is 3.43. The first kappa shape index (κ1) is 24.4. The molecule has 2 rings (SSSR count). The van der Waals surface area contributed by atoms with Gasteiger partial charge in [0.05, 0.1) is 0 Å². The molecular weight excluding hydrogens is 398 g/mol. The quantitative estimate of drug-likeness (QED) is 0.381. The van der Waals surface area contributed by atoms with Crippen molar-refractivity contribution in [3.05, 3.63) is 39.7 Å². The molecule has 0 saturated carbocycles. The highest BCUT2D eigenvalue weighted by atomic mass is 16.6. The maximum absolute atomic E-state index is 12.9. The summed E-state index contributed by atoms with van der Waals surface area (Å²) in [4.78, 5) is 37.1. The van der Waals surface area contributed by atoms with Crippen LogP contribution in [0.15, 0.2) is 27.4 Å². The third-order valence-electron chi connectivity index (χ3n) is 4.80. The molecule has 0 fully saturated rings. The van der Waals surface area contributed by atoms with Gasteiger partial charge in [-0.2, -0.15) is 0 Å². The number of alkyl carbamates (subject to hydrolysis) is 1. The number of ether oxygens (including phenoxy) is 2. The molecule has 0 aliphatic carbocycles. The summed E-state index contributed by atoms with van der Waals surface area (Å²) in [7, 11) is 0. The van der Waals surface area contributed by atoms with Crippen molar-refractivity contribution in [3.63, 3.8) is 0 Å². The van der Waals surface area contributed by atoms with Crippen molar-refractivity contribution in [2.24, 2.45) is 5.92 Å². The molecule has 0 radical (unpaired) electrons. The molecular formula is C24H33NO6. The van der Waals surface area contributed by atoms with Crippen LogP contribution in [0.4, 0.5) is 4.79 Å². The summed E-state index contributed by atoms with van der Waals surface area (Å²) in [6, 6.07) is 4.07. The number of hydrogen-bond donors (Lipinski definition) is 1. The average Bonchev–Trinajstić information content (AvgIpc) is 2.65. The zero-order chi connectivity index (χ0) is 23.3. The second kappa shape index (κ2) is 9.98. The number of carbonyl (C=O) groups is 2. The second-order valence-electron chi connectivity index (χ2n) is 9.10. The first-order valence-electron chi connectivity index (χ1n) is 10.7. The van der Waals surface area contributed by atoms with Crippen molar-refractivity contribution in [2.75, 3.05) is 0 Å². The van der Waals surface area contributed by atoms with Crippen molar-refractivity contribution in [3.8, 4) is 5.75 Å². The van der Waals surface area contributed by atoms with E-state index in [-0.39, 0.29) is 5.75 Å². The van der Waals surface area contributed by atoms with Crippen LogP contribution in [-0.2, 0) is 16.0 Å². The SMILES string of the molecule is CCc1cc(=O)oc2c(C)c(OC(=O)[C@@H](CCC(C)C)NC(=O)OC(C)(C)C)ccc12. The largest absolute Gasteiger partial charge is 0.444 e. The van der Waals surface area contributed by atoms with Gasteiger partial charge >= 0.3 is 17.7 Å². The molecule has 1 heterocycles. The van der Waals surface area contributed by atoms with Gasteiger partial charge in [-0.05, 0) is 70.6 Å². The van der Waals surface area contributed by atoms with Crippen LogP contribution in [0.3, 0.4) is 0 Å². The van der Waals surface area contributed by atoms with E-state index in [2.05, 4.69) is 5.32 Å². The molecule has 0 aliphatic heterocycles. The number of amides is 1. The Hall–Kier alpha value is -2.83. The summed E-state index contributed by atoms with van der Waals surface area (Å²) >= 11 is 0. The first-order chi connectivity index (χ1) is 14.4. The number of hydrogen-bond acceptors (Lipinski definition) is 6. The molecule has 0 unspecified atom stereocenters. The van der Waals surface area contributed by atoms with Gasteiger partial charge in [-0.25, -0.2) is 14.4 Å². The van der Waals surface area contributed by atoms with Crippen LogP contribution in [0.1, 0.15) is 65.5 Å². The lowest BCUT2D eigenvalue weighted by Crippen LogP contribution is -2.45. The number of carbonyl (C=O) groups excluding carboxylic acids is 2. The Morgan fingerprint density at radius 1 is 1.16 bits per heavy atom. The van der Waals surface area contributed by atoms with Gasteiger partial charge in [0.2, 0.25) is 0 Å². The fraction of sp³-hybridized carbons (Fsp3) is 0.542. The molecule has 0 aliphatic rings. The monoisotopic (exact) mass is 431 g/mol. The number of fused-ring (bicyclic) bond motifs is 1. The topological polar surface area (TPSA) is 94.8 Å². The number of esters is 1. The van der Waals surface area contributed by atoms with Gasteiger partial charge in [0.15, 0.2) is 0 Å². The molecule has 1 aromatic carbocycles. The normalized spacial score (nSPS) is 12.6. The zero-order valence-electron chi connectivity index (χ0n) is 19.5. The lowest BCUT2D eigenvalue weighted by Gasteiger charge is -2.23. The predicted molar refractivity (Wildman–Crippen MR) is 119 cm³/mol. The van der Waals surface area contributed by atoms with E-state index in [1.807, 2.05) is 20.8 Å². The van der Waals surface area contributed by atoms with E-state index < -0.39 is 29.3 Å². The van der Waals surface area contributed by atoms with Crippen molar-refractivity contribution >= 4 is 23.0 Å². The lowest BCUT2D eigenvalue weighted by atomic mass is 10.0.